The maximum absolute atomic E-state index is 5.35. The second-order valence-corrected chi connectivity index (χ2v) is 3.55. The fraction of sp³-hybridized carbons (Fsp3) is 0.857. The molecule has 1 unspecified atom stereocenters. The summed E-state index contributed by atoms with van der Waals surface area (Å²) >= 11 is 1.87. The molecule has 0 fully saturated rings. The Morgan fingerprint density at radius 1 is 1.82 bits per heavy atom. The van der Waals surface area contributed by atoms with Gasteiger partial charge in [-0.05, 0) is 24.9 Å². The van der Waals surface area contributed by atoms with Gasteiger partial charge in [-0.2, -0.15) is 11.8 Å². The first-order valence-electron chi connectivity index (χ1n) is 3.78. The SMILES string of the molecule is CSCCCC1COC(N)=N1. The van der Waals surface area contributed by atoms with Crippen molar-refractivity contribution in [1.82, 2.24) is 0 Å². The lowest BCUT2D eigenvalue weighted by Gasteiger charge is -2.02. The zero-order valence-corrected chi connectivity index (χ0v) is 7.56. The number of hydrogen-bond donors (Lipinski definition) is 1. The van der Waals surface area contributed by atoms with E-state index in [1.807, 2.05) is 11.8 Å². The molecule has 64 valence electrons. The van der Waals surface area contributed by atoms with Crippen molar-refractivity contribution in [1.29, 1.82) is 0 Å². The summed E-state index contributed by atoms with van der Waals surface area (Å²) in [4.78, 5) is 4.12. The molecule has 11 heavy (non-hydrogen) atoms. The molecule has 0 aromatic heterocycles. The highest BCUT2D eigenvalue weighted by Crippen LogP contribution is 2.10. The van der Waals surface area contributed by atoms with E-state index < -0.39 is 0 Å². The van der Waals surface area contributed by atoms with Gasteiger partial charge in [-0.3, -0.25) is 0 Å². The molecule has 1 heterocycles. The maximum Gasteiger partial charge on any atom is 0.282 e. The summed E-state index contributed by atoms with van der Waals surface area (Å²) < 4.78 is 5.02. The first-order valence-corrected chi connectivity index (χ1v) is 5.17. The second-order valence-electron chi connectivity index (χ2n) is 2.57. The molecule has 0 amide bonds. The minimum Gasteiger partial charge on any atom is -0.463 e. The van der Waals surface area contributed by atoms with E-state index in [2.05, 4.69) is 11.2 Å². The van der Waals surface area contributed by atoms with Gasteiger partial charge in [0.25, 0.3) is 6.02 Å². The quantitative estimate of drug-likeness (QED) is 0.643. The van der Waals surface area contributed by atoms with Crippen LogP contribution < -0.4 is 5.73 Å². The minimum atomic E-state index is 0.321. The van der Waals surface area contributed by atoms with Crippen LogP contribution in [0.25, 0.3) is 0 Å². The van der Waals surface area contributed by atoms with E-state index >= 15 is 0 Å². The highest BCUT2D eigenvalue weighted by Gasteiger charge is 2.15. The molecule has 0 radical (unpaired) electrons. The molecule has 0 spiro atoms. The summed E-state index contributed by atoms with van der Waals surface area (Å²) in [6.07, 6.45) is 4.41. The summed E-state index contributed by atoms with van der Waals surface area (Å²) in [6.45, 7) is 0.681. The Hall–Kier alpha value is -0.380. The van der Waals surface area contributed by atoms with Crippen LogP contribution in [0.1, 0.15) is 12.8 Å². The number of nitrogens with zero attached hydrogens (tertiary/aromatic N) is 1. The summed E-state index contributed by atoms with van der Waals surface area (Å²) in [6, 6.07) is 0.682. The summed E-state index contributed by atoms with van der Waals surface area (Å²) in [5.41, 5.74) is 5.35. The van der Waals surface area contributed by atoms with Crippen molar-refractivity contribution in [3.8, 4) is 0 Å². The Balaban J connectivity index is 2.08. The van der Waals surface area contributed by atoms with Gasteiger partial charge < -0.3 is 10.5 Å². The normalized spacial score (nSPS) is 23.0. The number of rotatable bonds is 4. The highest BCUT2D eigenvalue weighted by atomic mass is 32.2. The van der Waals surface area contributed by atoms with E-state index in [-0.39, 0.29) is 0 Å². The van der Waals surface area contributed by atoms with E-state index in [4.69, 9.17) is 10.5 Å². The van der Waals surface area contributed by atoms with Gasteiger partial charge in [-0.1, -0.05) is 0 Å². The van der Waals surface area contributed by atoms with Crippen LogP contribution in [-0.2, 0) is 4.74 Å². The first kappa shape index (κ1) is 8.71. The summed E-state index contributed by atoms with van der Waals surface area (Å²) in [7, 11) is 0. The van der Waals surface area contributed by atoms with Gasteiger partial charge in [0.15, 0.2) is 0 Å². The van der Waals surface area contributed by atoms with Crippen molar-refractivity contribution in [3.63, 3.8) is 0 Å². The van der Waals surface area contributed by atoms with Gasteiger partial charge in [0.05, 0.1) is 6.04 Å². The monoisotopic (exact) mass is 174 g/mol. The van der Waals surface area contributed by atoms with Gasteiger partial charge in [-0.15, -0.1) is 0 Å². The van der Waals surface area contributed by atoms with Gasteiger partial charge >= 0.3 is 0 Å². The largest absolute Gasteiger partial charge is 0.463 e. The van der Waals surface area contributed by atoms with E-state index in [1.54, 1.807) is 0 Å². The lowest BCUT2D eigenvalue weighted by molar-refractivity contribution is 0.307. The highest BCUT2D eigenvalue weighted by molar-refractivity contribution is 7.98. The molecule has 4 heteroatoms. The van der Waals surface area contributed by atoms with E-state index in [0.717, 1.165) is 6.42 Å². The first-order chi connectivity index (χ1) is 5.33. The van der Waals surface area contributed by atoms with E-state index in [1.165, 1.54) is 12.2 Å². The number of nitrogens with two attached hydrogens (primary N) is 1. The number of ether oxygens (including phenoxy) is 1. The predicted molar refractivity (Wildman–Crippen MR) is 49.0 cm³/mol. The zero-order valence-electron chi connectivity index (χ0n) is 6.75. The van der Waals surface area contributed by atoms with Gasteiger partial charge in [-0.25, -0.2) is 4.99 Å². The standard InChI is InChI=1S/C7H14N2OS/c1-11-4-2-3-6-5-10-7(8)9-6/h6H,2-5H2,1H3,(H2,8,9). The Morgan fingerprint density at radius 3 is 3.18 bits per heavy atom. The molecule has 1 rings (SSSR count). The fourth-order valence-corrected chi connectivity index (χ4v) is 1.50. The van der Waals surface area contributed by atoms with Gasteiger partial charge in [0.1, 0.15) is 6.61 Å². The molecule has 2 N–H and O–H groups in total. The van der Waals surface area contributed by atoms with Crippen LogP contribution in [0.5, 0.6) is 0 Å². The van der Waals surface area contributed by atoms with Crippen molar-refractivity contribution in [2.45, 2.75) is 18.9 Å². The Kier molecular flexibility index (Phi) is 3.56. The number of aliphatic imine (C=N–C) groups is 1. The van der Waals surface area contributed by atoms with Crippen LogP contribution in [-0.4, -0.2) is 30.7 Å². The van der Waals surface area contributed by atoms with Crippen molar-refractivity contribution >= 4 is 17.8 Å². The molecule has 0 aromatic carbocycles. The Morgan fingerprint density at radius 2 is 2.64 bits per heavy atom. The maximum atomic E-state index is 5.35. The summed E-state index contributed by atoms with van der Waals surface area (Å²) in [5, 5.41) is 0. The van der Waals surface area contributed by atoms with Gasteiger partial charge in [0, 0.05) is 0 Å². The Labute approximate surface area is 71.4 Å². The second kappa shape index (κ2) is 4.49. The molecule has 1 atom stereocenters. The van der Waals surface area contributed by atoms with Crippen LogP contribution in [0.2, 0.25) is 0 Å². The zero-order chi connectivity index (χ0) is 8.10. The van der Waals surface area contributed by atoms with Crippen molar-refractivity contribution < 1.29 is 4.74 Å². The van der Waals surface area contributed by atoms with Crippen molar-refractivity contribution in [2.24, 2.45) is 10.7 Å². The number of thioether (sulfide) groups is 1. The molecule has 1 aliphatic heterocycles. The lowest BCUT2D eigenvalue weighted by atomic mass is 10.2. The van der Waals surface area contributed by atoms with Crippen LogP contribution >= 0.6 is 11.8 Å². The van der Waals surface area contributed by atoms with Crippen molar-refractivity contribution in [2.75, 3.05) is 18.6 Å². The molecule has 3 nitrogen and oxygen atoms in total. The van der Waals surface area contributed by atoms with Crippen LogP contribution in [0.3, 0.4) is 0 Å². The fourth-order valence-electron chi connectivity index (χ4n) is 1.05. The smallest absolute Gasteiger partial charge is 0.282 e. The van der Waals surface area contributed by atoms with Crippen molar-refractivity contribution in [3.05, 3.63) is 0 Å². The average molecular weight is 174 g/mol. The molecule has 0 saturated carbocycles. The molecule has 0 bridgehead atoms. The van der Waals surface area contributed by atoms with Gasteiger partial charge in [0.2, 0.25) is 0 Å². The third kappa shape index (κ3) is 3.01. The lowest BCUT2D eigenvalue weighted by Crippen LogP contribution is -2.10. The van der Waals surface area contributed by atoms with Crippen LogP contribution in [0, 0.1) is 0 Å². The Bertz CT molecular complexity index is 149. The molecular formula is C7H14N2OS. The molecular weight excluding hydrogens is 160 g/mol. The molecule has 0 saturated heterocycles. The van der Waals surface area contributed by atoms with Crippen LogP contribution in [0.4, 0.5) is 0 Å². The van der Waals surface area contributed by atoms with Crippen LogP contribution in [0.15, 0.2) is 4.99 Å². The predicted octanol–water partition coefficient (Wildman–Crippen LogP) is 0.843. The third-order valence-electron chi connectivity index (χ3n) is 1.62. The third-order valence-corrected chi connectivity index (χ3v) is 2.32. The number of hydrogen-bond acceptors (Lipinski definition) is 4. The topological polar surface area (TPSA) is 47.6 Å². The van der Waals surface area contributed by atoms with E-state index in [9.17, 15) is 0 Å². The summed E-state index contributed by atoms with van der Waals surface area (Å²) in [5.74, 6) is 1.20. The molecule has 0 aromatic rings. The van der Waals surface area contributed by atoms with E-state index in [0.29, 0.717) is 18.7 Å². The average Bonchev–Trinajstić information content (AvgIpc) is 2.37. The molecule has 0 aliphatic carbocycles. The number of amidine groups is 1. The molecule has 1 aliphatic rings. The minimum absolute atomic E-state index is 0.321.